The molecule has 4 atom stereocenters. The summed E-state index contributed by atoms with van der Waals surface area (Å²) in [5.41, 5.74) is 1.36. The Labute approximate surface area is 140 Å². The number of rotatable bonds is 6. The minimum atomic E-state index is -0.145. The van der Waals surface area contributed by atoms with E-state index in [-0.39, 0.29) is 17.4 Å². The van der Waals surface area contributed by atoms with Crippen LogP contribution in [-0.4, -0.2) is 37.0 Å². The average Bonchev–Trinajstić information content (AvgIpc) is 2.99. The predicted molar refractivity (Wildman–Crippen MR) is 93.5 cm³/mol. The third kappa shape index (κ3) is 2.95. The van der Waals surface area contributed by atoms with Crippen LogP contribution in [0.1, 0.15) is 45.6 Å². The second kappa shape index (κ2) is 6.19. The number of hydrogen-bond acceptors (Lipinski definition) is 3. The first kappa shape index (κ1) is 16.9. The fraction of sp³-hybridized carbons (Fsp3) is 0.700. The van der Waals surface area contributed by atoms with E-state index >= 15 is 0 Å². The molecule has 1 aliphatic heterocycles. The summed E-state index contributed by atoms with van der Waals surface area (Å²) in [6.45, 7) is 10.9. The van der Waals surface area contributed by atoms with E-state index in [1.54, 1.807) is 0 Å². The Morgan fingerprint density at radius 2 is 2.00 bits per heavy atom. The molecule has 1 aromatic rings. The molecule has 0 aromatic heterocycles. The van der Waals surface area contributed by atoms with Crippen molar-refractivity contribution in [3.05, 3.63) is 35.9 Å². The van der Waals surface area contributed by atoms with E-state index in [1.807, 2.05) is 0 Å². The lowest BCUT2D eigenvalue weighted by molar-refractivity contribution is -0.113. The summed E-state index contributed by atoms with van der Waals surface area (Å²) < 4.78 is 5.90. The Hall–Kier alpha value is -0.900. The first-order valence-electron chi connectivity index (χ1n) is 8.88. The molecule has 3 nitrogen and oxygen atoms in total. The van der Waals surface area contributed by atoms with Crippen LogP contribution in [0.25, 0.3) is 0 Å². The molecule has 128 valence electrons. The maximum Gasteiger partial charge on any atom is 0.0685 e. The number of benzene rings is 1. The lowest BCUT2D eigenvalue weighted by atomic mass is 9.57. The van der Waals surface area contributed by atoms with Crippen LogP contribution in [0, 0.1) is 16.7 Å². The van der Waals surface area contributed by atoms with Gasteiger partial charge in [-0.3, -0.25) is 0 Å². The minimum Gasteiger partial charge on any atom is -0.396 e. The molecule has 1 heterocycles. The van der Waals surface area contributed by atoms with E-state index in [0.717, 1.165) is 13.2 Å². The van der Waals surface area contributed by atoms with Gasteiger partial charge in [-0.2, -0.15) is 0 Å². The average molecular weight is 317 g/mol. The molecule has 0 radical (unpaired) electrons. The fourth-order valence-corrected chi connectivity index (χ4v) is 4.62. The van der Waals surface area contributed by atoms with E-state index in [4.69, 9.17) is 4.74 Å². The molecular weight excluding hydrogens is 286 g/mol. The van der Waals surface area contributed by atoms with Crippen molar-refractivity contribution >= 4 is 0 Å². The normalized spacial score (nSPS) is 30.6. The molecule has 2 N–H and O–H groups in total. The standard InChI is InChI=1S/C20H31NO2/c1-19(2,13-22)16(14-8-6-5-7-9-14)12-21-17-15-10-11-23-18(15)20(17,3)4/h5-9,15-18,21-22H,10-13H2,1-4H3. The summed E-state index contributed by atoms with van der Waals surface area (Å²) in [7, 11) is 0. The lowest BCUT2D eigenvalue weighted by Gasteiger charge is -2.55. The van der Waals surface area contributed by atoms with Gasteiger partial charge in [0.1, 0.15) is 0 Å². The van der Waals surface area contributed by atoms with E-state index in [9.17, 15) is 5.11 Å². The first-order valence-corrected chi connectivity index (χ1v) is 8.88. The Balaban J connectivity index is 1.73. The SMILES string of the molecule is CC(C)(CO)C(CNC1C2CCOC2C1(C)C)c1ccccc1. The molecule has 23 heavy (non-hydrogen) atoms. The van der Waals surface area contributed by atoms with Crippen molar-refractivity contribution in [1.82, 2.24) is 5.32 Å². The molecule has 0 amide bonds. The third-order valence-corrected chi connectivity index (χ3v) is 6.20. The molecule has 1 saturated carbocycles. The summed E-state index contributed by atoms with van der Waals surface area (Å²) in [6.07, 6.45) is 1.59. The van der Waals surface area contributed by atoms with Gasteiger partial charge in [0, 0.05) is 43.1 Å². The van der Waals surface area contributed by atoms with Crippen molar-refractivity contribution in [2.45, 2.75) is 52.2 Å². The van der Waals surface area contributed by atoms with Crippen molar-refractivity contribution in [2.75, 3.05) is 19.8 Å². The smallest absolute Gasteiger partial charge is 0.0685 e. The van der Waals surface area contributed by atoms with E-state index in [0.29, 0.717) is 24.0 Å². The van der Waals surface area contributed by atoms with Gasteiger partial charge in [-0.05, 0) is 17.4 Å². The summed E-state index contributed by atoms with van der Waals surface area (Å²) in [5.74, 6) is 0.949. The van der Waals surface area contributed by atoms with Crippen LogP contribution in [0.15, 0.2) is 30.3 Å². The fourth-order valence-electron chi connectivity index (χ4n) is 4.62. The van der Waals surface area contributed by atoms with Crippen molar-refractivity contribution in [1.29, 1.82) is 0 Å². The van der Waals surface area contributed by atoms with Crippen LogP contribution < -0.4 is 5.32 Å². The Morgan fingerprint density at radius 1 is 1.30 bits per heavy atom. The molecule has 1 aromatic carbocycles. The van der Waals surface area contributed by atoms with Crippen LogP contribution in [0.4, 0.5) is 0 Å². The molecular formula is C20H31NO2. The Bertz CT molecular complexity index is 526. The predicted octanol–water partition coefficient (Wildman–Crippen LogP) is 3.19. The highest BCUT2D eigenvalue weighted by Gasteiger charge is 2.59. The van der Waals surface area contributed by atoms with Crippen LogP contribution >= 0.6 is 0 Å². The Kier molecular flexibility index (Phi) is 4.56. The van der Waals surface area contributed by atoms with Gasteiger partial charge in [-0.15, -0.1) is 0 Å². The highest BCUT2D eigenvalue weighted by molar-refractivity contribution is 5.23. The topological polar surface area (TPSA) is 41.5 Å². The quantitative estimate of drug-likeness (QED) is 0.846. The van der Waals surface area contributed by atoms with Crippen molar-refractivity contribution in [2.24, 2.45) is 16.7 Å². The van der Waals surface area contributed by atoms with Gasteiger partial charge in [-0.25, -0.2) is 0 Å². The molecule has 4 unspecified atom stereocenters. The van der Waals surface area contributed by atoms with Gasteiger partial charge >= 0.3 is 0 Å². The lowest BCUT2D eigenvalue weighted by Crippen LogP contribution is -2.66. The second-order valence-corrected chi connectivity index (χ2v) is 8.56. The van der Waals surface area contributed by atoms with Crippen molar-refractivity contribution in [3.63, 3.8) is 0 Å². The maximum absolute atomic E-state index is 9.87. The zero-order chi connectivity index (χ0) is 16.7. The number of hydrogen-bond donors (Lipinski definition) is 2. The highest BCUT2D eigenvalue weighted by atomic mass is 16.5. The molecule has 1 saturated heterocycles. The molecule has 1 aliphatic carbocycles. The van der Waals surface area contributed by atoms with E-state index in [1.165, 1.54) is 12.0 Å². The largest absolute Gasteiger partial charge is 0.396 e. The zero-order valence-corrected chi connectivity index (χ0v) is 14.9. The van der Waals surface area contributed by atoms with Gasteiger partial charge in [0.15, 0.2) is 0 Å². The molecule has 2 fully saturated rings. The number of aliphatic hydroxyl groups is 1. The van der Waals surface area contributed by atoms with Crippen LogP contribution in [0.5, 0.6) is 0 Å². The van der Waals surface area contributed by atoms with Gasteiger partial charge in [0.05, 0.1) is 6.10 Å². The molecule has 3 rings (SSSR count). The molecule has 0 bridgehead atoms. The second-order valence-electron chi connectivity index (χ2n) is 8.56. The zero-order valence-electron chi connectivity index (χ0n) is 14.9. The maximum atomic E-state index is 9.87. The van der Waals surface area contributed by atoms with E-state index in [2.05, 4.69) is 63.3 Å². The number of nitrogens with one attached hydrogen (secondary N) is 1. The number of fused-ring (bicyclic) bond motifs is 1. The Morgan fingerprint density at radius 3 is 2.65 bits per heavy atom. The molecule has 0 spiro atoms. The highest BCUT2D eigenvalue weighted by Crippen LogP contribution is 2.52. The van der Waals surface area contributed by atoms with Gasteiger partial charge < -0.3 is 15.2 Å². The monoisotopic (exact) mass is 317 g/mol. The van der Waals surface area contributed by atoms with Crippen molar-refractivity contribution in [3.8, 4) is 0 Å². The third-order valence-electron chi connectivity index (χ3n) is 6.20. The van der Waals surface area contributed by atoms with Crippen LogP contribution in [-0.2, 0) is 4.74 Å². The number of aliphatic hydroxyl groups excluding tert-OH is 1. The first-order chi connectivity index (χ1) is 10.9. The van der Waals surface area contributed by atoms with Crippen LogP contribution in [0.2, 0.25) is 0 Å². The summed E-state index contributed by atoms with van der Waals surface area (Å²) in [5, 5.41) is 13.7. The summed E-state index contributed by atoms with van der Waals surface area (Å²) in [4.78, 5) is 0. The van der Waals surface area contributed by atoms with Crippen molar-refractivity contribution < 1.29 is 9.84 Å². The summed E-state index contributed by atoms with van der Waals surface area (Å²) >= 11 is 0. The van der Waals surface area contributed by atoms with Gasteiger partial charge in [-0.1, -0.05) is 58.0 Å². The summed E-state index contributed by atoms with van der Waals surface area (Å²) in [6, 6.07) is 11.1. The van der Waals surface area contributed by atoms with E-state index < -0.39 is 0 Å². The molecule has 3 heteroatoms. The molecule has 2 aliphatic rings. The minimum absolute atomic E-state index is 0.145. The van der Waals surface area contributed by atoms with Gasteiger partial charge in [0.25, 0.3) is 0 Å². The van der Waals surface area contributed by atoms with Gasteiger partial charge in [0.2, 0.25) is 0 Å². The van der Waals surface area contributed by atoms with Crippen LogP contribution in [0.3, 0.4) is 0 Å². The number of ether oxygens (including phenoxy) is 1.